The third kappa shape index (κ3) is 5.53. The van der Waals surface area contributed by atoms with Crippen LogP contribution in [0.4, 0.5) is 5.69 Å². The Morgan fingerprint density at radius 2 is 1.70 bits per heavy atom. The molecular formula is C25H36IN5O2. The third-order valence-corrected chi connectivity index (χ3v) is 6.88. The van der Waals surface area contributed by atoms with Gasteiger partial charge < -0.3 is 15.5 Å². The molecule has 4 rings (SSSR count). The summed E-state index contributed by atoms with van der Waals surface area (Å²) in [5.41, 5.74) is 2.51. The monoisotopic (exact) mass is 565 g/mol. The number of nitrogens with zero attached hydrogens (tertiary/aromatic N) is 3. The van der Waals surface area contributed by atoms with Crippen molar-refractivity contribution in [3.8, 4) is 0 Å². The van der Waals surface area contributed by atoms with Crippen LogP contribution < -0.4 is 15.5 Å². The fourth-order valence-electron chi connectivity index (χ4n) is 5.25. The second-order valence-electron chi connectivity index (χ2n) is 9.18. The van der Waals surface area contributed by atoms with Gasteiger partial charge in [0.1, 0.15) is 0 Å². The highest BCUT2D eigenvalue weighted by Crippen LogP contribution is 2.52. The Kier molecular flexibility index (Phi) is 8.78. The second-order valence-corrected chi connectivity index (χ2v) is 9.18. The molecule has 1 aromatic carbocycles. The first-order valence-corrected chi connectivity index (χ1v) is 11.8. The number of carbonyl (C=O) groups is 2. The zero-order valence-corrected chi connectivity index (χ0v) is 22.1. The fourth-order valence-corrected chi connectivity index (χ4v) is 5.25. The van der Waals surface area contributed by atoms with Gasteiger partial charge in [-0.2, -0.15) is 0 Å². The number of carbonyl (C=O) groups excluding carboxylic acids is 2. The van der Waals surface area contributed by atoms with Crippen molar-refractivity contribution in [2.45, 2.75) is 26.2 Å². The highest BCUT2D eigenvalue weighted by Gasteiger charge is 2.58. The van der Waals surface area contributed by atoms with Gasteiger partial charge >= 0.3 is 0 Å². The molecule has 180 valence electrons. The van der Waals surface area contributed by atoms with Crippen LogP contribution in [0.5, 0.6) is 0 Å². The van der Waals surface area contributed by atoms with Crippen molar-refractivity contribution >= 4 is 47.4 Å². The lowest BCUT2D eigenvalue weighted by atomic mass is 9.85. The van der Waals surface area contributed by atoms with Gasteiger partial charge in [-0.3, -0.25) is 19.5 Å². The quantitative estimate of drug-likeness (QED) is 0.120. The van der Waals surface area contributed by atoms with E-state index in [0.717, 1.165) is 31.8 Å². The summed E-state index contributed by atoms with van der Waals surface area (Å²) in [6.07, 6.45) is 7.17. The van der Waals surface area contributed by atoms with Crippen LogP contribution in [0.1, 0.15) is 25.3 Å². The minimum absolute atomic E-state index is 0. The van der Waals surface area contributed by atoms with E-state index < -0.39 is 0 Å². The number of nitrogens with one attached hydrogen (secondary N) is 2. The van der Waals surface area contributed by atoms with Gasteiger partial charge in [-0.25, -0.2) is 0 Å². The van der Waals surface area contributed by atoms with Crippen molar-refractivity contribution in [3.05, 3.63) is 42.0 Å². The molecule has 7 nitrogen and oxygen atoms in total. The van der Waals surface area contributed by atoms with Crippen molar-refractivity contribution in [1.82, 2.24) is 15.5 Å². The number of hydrogen-bond donors (Lipinski definition) is 2. The van der Waals surface area contributed by atoms with Crippen molar-refractivity contribution in [2.24, 2.45) is 28.7 Å². The summed E-state index contributed by atoms with van der Waals surface area (Å²) in [6.45, 7) is 4.41. The Hall–Kier alpha value is -2.10. The van der Waals surface area contributed by atoms with Crippen molar-refractivity contribution < 1.29 is 9.59 Å². The summed E-state index contributed by atoms with van der Waals surface area (Å²) in [6, 6.07) is 8.62. The highest BCUT2D eigenvalue weighted by molar-refractivity contribution is 14.0. The Bertz CT molecular complexity index is 869. The number of imide groups is 1. The molecule has 4 atom stereocenters. The molecule has 8 heteroatoms. The minimum Gasteiger partial charge on any atom is -0.378 e. The molecular weight excluding hydrogens is 529 g/mol. The Balaban J connectivity index is 0.00000306. The van der Waals surface area contributed by atoms with Crippen molar-refractivity contribution in [1.29, 1.82) is 0 Å². The average Bonchev–Trinajstić information content (AvgIpc) is 3.46. The molecule has 2 bridgehead atoms. The van der Waals surface area contributed by atoms with E-state index in [4.69, 9.17) is 0 Å². The smallest absolute Gasteiger partial charge is 0.233 e. The standard InChI is InChI=1S/C25H35N5O2.HI/c1-4-26-25(27-13-5-6-17-7-11-20(12-8-17)29(2)3)28-14-15-30-23(31)21-18-9-10-19(16-18)22(21)24(30)32;/h7-12,18-19,21-22H,4-6,13-16H2,1-3H3,(H2,26,27,28);1H. The van der Waals surface area contributed by atoms with E-state index in [2.05, 4.69) is 56.9 Å². The molecule has 1 aliphatic heterocycles. The normalized spacial score (nSPS) is 25.3. The predicted molar refractivity (Wildman–Crippen MR) is 143 cm³/mol. The number of benzene rings is 1. The van der Waals surface area contributed by atoms with Crippen LogP contribution in [0.3, 0.4) is 0 Å². The van der Waals surface area contributed by atoms with Crippen LogP contribution in [-0.4, -0.2) is 62.9 Å². The van der Waals surface area contributed by atoms with E-state index >= 15 is 0 Å². The molecule has 1 aromatic rings. The molecule has 1 saturated carbocycles. The predicted octanol–water partition coefficient (Wildman–Crippen LogP) is 2.67. The molecule has 2 fully saturated rings. The van der Waals surface area contributed by atoms with E-state index in [1.54, 1.807) is 0 Å². The first-order chi connectivity index (χ1) is 15.5. The van der Waals surface area contributed by atoms with Gasteiger partial charge in [-0.05, 0) is 55.7 Å². The maximum absolute atomic E-state index is 12.8. The van der Waals surface area contributed by atoms with Gasteiger partial charge in [-0.1, -0.05) is 24.3 Å². The molecule has 2 aliphatic carbocycles. The molecule has 0 radical (unpaired) electrons. The molecule has 33 heavy (non-hydrogen) atoms. The lowest BCUT2D eigenvalue weighted by Crippen LogP contribution is -2.43. The van der Waals surface area contributed by atoms with Gasteiger partial charge in [0.25, 0.3) is 0 Å². The molecule has 2 amide bonds. The summed E-state index contributed by atoms with van der Waals surface area (Å²) in [4.78, 5) is 33.8. The number of likely N-dealkylation sites (tertiary alicyclic amines) is 1. The number of anilines is 1. The van der Waals surface area contributed by atoms with Gasteiger partial charge in [0.05, 0.1) is 11.8 Å². The van der Waals surface area contributed by atoms with Gasteiger partial charge in [0.2, 0.25) is 11.8 Å². The van der Waals surface area contributed by atoms with Gasteiger partial charge in [0.15, 0.2) is 5.96 Å². The van der Waals surface area contributed by atoms with Gasteiger partial charge in [0, 0.05) is 46.0 Å². The van der Waals surface area contributed by atoms with Gasteiger partial charge in [-0.15, -0.1) is 24.0 Å². The van der Waals surface area contributed by atoms with Crippen LogP contribution in [0.2, 0.25) is 0 Å². The van der Waals surface area contributed by atoms with E-state index in [1.807, 2.05) is 21.0 Å². The highest BCUT2D eigenvalue weighted by atomic mass is 127. The third-order valence-electron chi connectivity index (χ3n) is 6.88. The Labute approximate surface area is 214 Å². The summed E-state index contributed by atoms with van der Waals surface area (Å²) in [5.74, 6) is 1.05. The Morgan fingerprint density at radius 3 is 2.27 bits per heavy atom. The van der Waals surface area contributed by atoms with E-state index in [0.29, 0.717) is 19.6 Å². The maximum atomic E-state index is 12.8. The first-order valence-electron chi connectivity index (χ1n) is 11.8. The number of aliphatic imine (C=N–C) groups is 1. The SMILES string of the molecule is CCNC(=NCCCc1ccc(N(C)C)cc1)NCCN1C(=O)C2C3C=CC(C3)C2C1=O.I. The zero-order chi connectivity index (χ0) is 22.7. The maximum Gasteiger partial charge on any atom is 0.233 e. The summed E-state index contributed by atoms with van der Waals surface area (Å²) >= 11 is 0. The van der Waals surface area contributed by atoms with E-state index in [-0.39, 0.29) is 59.5 Å². The summed E-state index contributed by atoms with van der Waals surface area (Å²) in [7, 11) is 4.09. The number of hydrogen-bond acceptors (Lipinski definition) is 4. The summed E-state index contributed by atoms with van der Waals surface area (Å²) in [5, 5.41) is 6.53. The zero-order valence-electron chi connectivity index (χ0n) is 19.8. The van der Waals surface area contributed by atoms with E-state index in [1.165, 1.54) is 16.2 Å². The lowest BCUT2D eigenvalue weighted by molar-refractivity contribution is -0.140. The number of guanidine groups is 1. The second kappa shape index (κ2) is 11.4. The largest absolute Gasteiger partial charge is 0.378 e. The lowest BCUT2D eigenvalue weighted by Gasteiger charge is -2.18. The number of amides is 2. The molecule has 1 heterocycles. The molecule has 3 aliphatic rings. The first kappa shape index (κ1) is 25.5. The van der Waals surface area contributed by atoms with Crippen LogP contribution in [0.15, 0.2) is 41.4 Å². The van der Waals surface area contributed by atoms with Crippen LogP contribution >= 0.6 is 24.0 Å². The molecule has 4 unspecified atom stereocenters. The van der Waals surface area contributed by atoms with Crippen LogP contribution in [-0.2, 0) is 16.0 Å². The molecule has 1 saturated heterocycles. The fraction of sp³-hybridized carbons (Fsp3) is 0.560. The minimum atomic E-state index is -0.119. The average molecular weight is 566 g/mol. The number of rotatable bonds is 9. The number of halogens is 1. The molecule has 2 N–H and O–H groups in total. The number of aryl methyl sites for hydroxylation is 1. The van der Waals surface area contributed by atoms with E-state index in [9.17, 15) is 9.59 Å². The van der Waals surface area contributed by atoms with Crippen LogP contribution in [0.25, 0.3) is 0 Å². The van der Waals surface area contributed by atoms with Crippen molar-refractivity contribution in [3.63, 3.8) is 0 Å². The van der Waals surface area contributed by atoms with Crippen molar-refractivity contribution in [2.75, 3.05) is 45.2 Å². The summed E-state index contributed by atoms with van der Waals surface area (Å²) < 4.78 is 0. The molecule has 0 spiro atoms. The Morgan fingerprint density at radius 1 is 1.06 bits per heavy atom. The molecule has 0 aromatic heterocycles. The number of fused-ring (bicyclic) bond motifs is 5. The topological polar surface area (TPSA) is 77.0 Å². The number of allylic oxidation sites excluding steroid dienone is 2. The van der Waals surface area contributed by atoms with Crippen LogP contribution in [0, 0.1) is 23.7 Å².